The Morgan fingerprint density at radius 1 is 1.44 bits per heavy atom. The van der Waals surface area contributed by atoms with Gasteiger partial charge in [0, 0.05) is 7.05 Å². The Morgan fingerprint density at radius 2 is 2.00 bits per heavy atom. The van der Waals surface area contributed by atoms with Gasteiger partial charge < -0.3 is 0 Å². The first-order valence-electron chi connectivity index (χ1n) is 2.49. The summed E-state index contributed by atoms with van der Waals surface area (Å²) in [6.45, 7) is 7.85. The zero-order valence-corrected chi connectivity index (χ0v) is 5.70. The molecule has 0 atom stereocenters. The Morgan fingerprint density at radius 3 is 2.11 bits per heavy atom. The van der Waals surface area contributed by atoms with Gasteiger partial charge >= 0.3 is 0 Å². The van der Waals surface area contributed by atoms with Crippen molar-refractivity contribution in [3.63, 3.8) is 0 Å². The van der Waals surface area contributed by atoms with Gasteiger partial charge in [0.05, 0.1) is 0 Å². The van der Waals surface area contributed by atoms with Crippen molar-refractivity contribution < 1.29 is 0 Å². The fourth-order valence-electron chi connectivity index (χ4n) is 0.274. The molecule has 0 radical (unpaired) electrons. The molecule has 0 fully saturated rings. The van der Waals surface area contributed by atoms with Gasteiger partial charge in [0.2, 0.25) is 0 Å². The Kier molecular flexibility index (Phi) is 3.27. The Balaban J connectivity index is 0.000000291. The SMILES string of the molecule is C=C.Cc1nnnn1C. The summed E-state index contributed by atoms with van der Waals surface area (Å²) in [6.07, 6.45) is 0. The summed E-state index contributed by atoms with van der Waals surface area (Å²) in [7, 11) is 1.80. The number of hydrogen-bond acceptors (Lipinski definition) is 3. The lowest BCUT2D eigenvalue weighted by Crippen LogP contribution is -1.92. The molecule has 0 spiro atoms. The topological polar surface area (TPSA) is 43.6 Å². The number of nitrogens with zero attached hydrogens (tertiary/aromatic N) is 4. The quantitative estimate of drug-likeness (QED) is 0.470. The maximum Gasteiger partial charge on any atom is 0.147 e. The van der Waals surface area contributed by atoms with Crippen molar-refractivity contribution in [3.05, 3.63) is 19.0 Å². The van der Waals surface area contributed by atoms with Crippen LogP contribution in [0.5, 0.6) is 0 Å². The van der Waals surface area contributed by atoms with Crippen LogP contribution >= 0.6 is 0 Å². The number of tetrazole rings is 1. The van der Waals surface area contributed by atoms with Crippen molar-refractivity contribution in [2.45, 2.75) is 6.92 Å². The maximum absolute atomic E-state index is 3.62. The summed E-state index contributed by atoms with van der Waals surface area (Å²) in [6, 6.07) is 0. The van der Waals surface area contributed by atoms with Crippen molar-refractivity contribution in [3.8, 4) is 0 Å². The standard InChI is InChI=1S/C3H6N4.C2H4/c1-3-4-5-6-7(3)2;1-2/h1-2H3;1-2H2. The molecule has 0 aromatic carbocycles. The van der Waals surface area contributed by atoms with Crippen molar-refractivity contribution in [2.24, 2.45) is 7.05 Å². The Hall–Kier alpha value is -1.19. The molecule has 4 heteroatoms. The molecule has 1 aromatic rings. The third kappa shape index (κ3) is 2.03. The van der Waals surface area contributed by atoms with Crippen LogP contribution in [0.1, 0.15) is 5.82 Å². The molecule has 0 N–H and O–H groups in total. The minimum Gasteiger partial charge on any atom is -0.233 e. The van der Waals surface area contributed by atoms with E-state index >= 15 is 0 Å². The largest absolute Gasteiger partial charge is 0.233 e. The van der Waals surface area contributed by atoms with Crippen LogP contribution < -0.4 is 0 Å². The molecular formula is C5H10N4. The summed E-state index contributed by atoms with van der Waals surface area (Å²) in [5.41, 5.74) is 0. The third-order valence-corrected chi connectivity index (χ3v) is 0.832. The van der Waals surface area contributed by atoms with Crippen LogP contribution in [0.25, 0.3) is 0 Å². The van der Waals surface area contributed by atoms with E-state index in [-0.39, 0.29) is 0 Å². The molecule has 1 rings (SSSR count). The highest BCUT2D eigenvalue weighted by atomic mass is 15.5. The number of aromatic nitrogens is 4. The maximum atomic E-state index is 3.62. The molecule has 0 amide bonds. The molecule has 0 unspecified atom stereocenters. The molecule has 1 heterocycles. The Bertz CT molecular complexity index is 153. The fourth-order valence-corrected chi connectivity index (χ4v) is 0.274. The summed E-state index contributed by atoms with van der Waals surface area (Å²) in [5.74, 6) is 0.833. The van der Waals surface area contributed by atoms with E-state index in [2.05, 4.69) is 28.7 Å². The zero-order valence-electron chi connectivity index (χ0n) is 5.70. The van der Waals surface area contributed by atoms with E-state index in [0.717, 1.165) is 5.82 Å². The van der Waals surface area contributed by atoms with Crippen LogP contribution in [0, 0.1) is 6.92 Å². The molecule has 0 aliphatic carbocycles. The number of aryl methyl sites for hydroxylation is 2. The van der Waals surface area contributed by atoms with E-state index in [1.54, 1.807) is 11.7 Å². The summed E-state index contributed by atoms with van der Waals surface area (Å²) in [4.78, 5) is 0. The summed E-state index contributed by atoms with van der Waals surface area (Å²) >= 11 is 0. The first-order valence-corrected chi connectivity index (χ1v) is 2.49. The highest BCUT2D eigenvalue weighted by molar-refractivity contribution is 4.69. The molecule has 0 aliphatic rings. The van der Waals surface area contributed by atoms with Gasteiger partial charge in [-0.1, -0.05) is 0 Å². The Labute approximate surface area is 54.2 Å². The molecule has 9 heavy (non-hydrogen) atoms. The van der Waals surface area contributed by atoms with Gasteiger partial charge in [-0.3, -0.25) is 0 Å². The van der Waals surface area contributed by atoms with Crippen LogP contribution in [0.15, 0.2) is 13.2 Å². The second-order valence-electron chi connectivity index (χ2n) is 1.35. The van der Waals surface area contributed by atoms with E-state index in [4.69, 9.17) is 0 Å². The molecule has 0 bridgehead atoms. The van der Waals surface area contributed by atoms with E-state index in [1.165, 1.54) is 0 Å². The minimum absolute atomic E-state index is 0.833. The summed E-state index contributed by atoms with van der Waals surface area (Å²) in [5, 5.41) is 10.6. The summed E-state index contributed by atoms with van der Waals surface area (Å²) < 4.78 is 1.61. The van der Waals surface area contributed by atoms with Gasteiger partial charge in [-0.25, -0.2) is 4.68 Å². The highest BCUT2D eigenvalue weighted by Crippen LogP contribution is 1.78. The van der Waals surface area contributed by atoms with Gasteiger partial charge in [-0.15, -0.1) is 18.3 Å². The molecule has 1 aromatic heterocycles. The van der Waals surface area contributed by atoms with Gasteiger partial charge in [0.15, 0.2) is 0 Å². The van der Waals surface area contributed by atoms with Crippen LogP contribution in [0.4, 0.5) is 0 Å². The average molecular weight is 126 g/mol. The van der Waals surface area contributed by atoms with Crippen molar-refractivity contribution >= 4 is 0 Å². The average Bonchev–Trinajstić information content (AvgIpc) is 2.23. The zero-order chi connectivity index (χ0) is 7.28. The first-order chi connectivity index (χ1) is 4.30. The first kappa shape index (κ1) is 7.81. The van der Waals surface area contributed by atoms with Gasteiger partial charge in [-0.2, -0.15) is 0 Å². The molecule has 0 saturated heterocycles. The number of rotatable bonds is 0. The lowest BCUT2D eigenvalue weighted by molar-refractivity contribution is 0.695. The fraction of sp³-hybridized carbons (Fsp3) is 0.400. The van der Waals surface area contributed by atoms with Crippen LogP contribution in [-0.4, -0.2) is 20.2 Å². The molecule has 4 nitrogen and oxygen atoms in total. The van der Waals surface area contributed by atoms with E-state index in [9.17, 15) is 0 Å². The minimum atomic E-state index is 0.833. The monoisotopic (exact) mass is 126 g/mol. The molecule has 0 saturated carbocycles. The normalized spacial score (nSPS) is 7.78. The van der Waals surface area contributed by atoms with E-state index in [0.29, 0.717) is 0 Å². The van der Waals surface area contributed by atoms with Crippen LogP contribution in [0.3, 0.4) is 0 Å². The van der Waals surface area contributed by atoms with Crippen LogP contribution in [0.2, 0.25) is 0 Å². The predicted octanol–water partition coefficient (Wildman–Crippen LogP) is 0.321. The van der Waals surface area contributed by atoms with Crippen molar-refractivity contribution in [2.75, 3.05) is 0 Å². The molecular weight excluding hydrogens is 116 g/mol. The van der Waals surface area contributed by atoms with Gasteiger partial charge in [0.25, 0.3) is 0 Å². The second kappa shape index (κ2) is 3.77. The molecule has 50 valence electrons. The van der Waals surface area contributed by atoms with Crippen LogP contribution in [-0.2, 0) is 7.05 Å². The van der Waals surface area contributed by atoms with Crippen molar-refractivity contribution in [1.29, 1.82) is 0 Å². The van der Waals surface area contributed by atoms with Gasteiger partial charge in [-0.05, 0) is 17.4 Å². The lowest BCUT2D eigenvalue weighted by atomic mass is 10.7. The second-order valence-corrected chi connectivity index (χ2v) is 1.35. The third-order valence-electron chi connectivity index (χ3n) is 0.832. The van der Waals surface area contributed by atoms with E-state index < -0.39 is 0 Å². The highest BCUT2D eigenvalue weighted by Gasteiger charge is 1.87. The smallest absolute Gasteiger partial charge is 0.147 e. The van der Waals surface area contributed by atoms with E-state index in [1.807, 2.05) is 6.92 Å². The predicted molar refractivity (Wildman–Crippen MR) is 34.8 cm³/mol. The number of hydrogen-bond donors (Lipinski definition) is 0. The lowest BCUT2D eigenvalue weighted by Gasteiger charge is -1.81. The van der Waals surface area contributed by atoms with Gasteiger partial charge in [0.1, 0.15) is 5.82 Å². The molecule has 0 aliphatic heterocycles. The van der Waals surface area contributed by atoms with Crippen molar-refractivity contribution in [1.82, 2.24) is 20.2 Å².